The molecule has 2 heterocycles. The first-order valence-electron chi connectivity index (χ1n) is 9.55. The molecule has 7 heteroatoms. The van der Waals surface area contributed by atoms with Crippen LogP contribution in [0.2, 0.25) is 5.02 Å². The number of nitrogens with zero attached hydrogens (tertiary/aromatic N) is 1. The van der Waals surface area contributed by atoms with Crippen molar-refractivity contribution < 1.29 is 13.9 Å². The van der Waals surface area contributed by atoms with Crippen LogP contribution in [0.3, 0.4) is 0 Å². The van der Waals surface area contributed by atoms with Crippen molar-refractivity contribution in [2.75, 3.05) is 19.8 Å². The van der Waals surface area contributed by atoms with Crippen LogP contribution in [0, 0.1) is 17.7 Å². The molecule has 0 aromatic carbocycles. The Hall–Kier alpha value is -1.24. The van der Waals surface area contributed by atoms with E-state index in [9.17, 15) is 9.18 Å². The van der Waals surface area contributed by atoms with E-state index in [1.54, 1.807) is 0 Å². The first-order valence-corrected chi connectivity index (χ1v) is 9.92. The van der Waals surface area contributed by atoms with Gasteiger partial charge in [-0.25, -0.2) is 9.82 Å². The summed E-state index contributed by atoms with van der Waals surface area (Å²) in [5.74, 6) is 0.716. The second-order valence-electron chi connectivity index (χ2n) is 7.33. The number of hydrazine groups is 1. The minimum absolute atomic E-state index is 0.0691. The molecule has 0 radical (unpaired) electrons. The summed E-state index contributed by atoms with van der Waals surface area (Å²) >= 11 is 6.13. The van der Waals surface area contributed by atoms with Gasteiger partial charge in [0.05, 0.1) is 16.9 Å². The van der Waals surface area contributed by atoms with Crippen molar-refractivity contribution in [3.63, 3.8) is 0 Å². The SMILES string of the molecule is O=C(NNCC[C@H]1CC[C@H](c2ncc(F)cc2Cl)CC1)C1CCOCC1. The van der Waals surface area contributed by atoms with Crippen molar-refractivity contribution in [3.05, 3.63) is 28.8 Å². The molecule has 1 saturated carbocycles. The minimum Gasteiger partial charge on any atom is -0.381 e. The monoisotopic (exact) mass is 383 g/mol. The molecule has 0 unspecified atom stereocenters. The minimum atomic E-state index is -0.388. The van der Waals surface area contributed by atoms with Crippen LogP contribution in [-0.4, -0.2) is 30.6 Å². The quantitative estimate of drug-likeness (QED) is 0.582. The zero-order chi connectivity index (χ0) is 18.4. The number of nitrogens with one attached hydrogen (secondary N) is 2. The number of carbonyl (C=O) groups excluding carboxylic acids is 1. The van der Waals surface area contributed by atoms with Crippen LogP contribution in [0.25, 0.3) is 0 Å². The largest absolute Gasteiger partial charge is 0.381 e. The number of hydrogen-bond donors (Lipinski definition) is 2. The fourth-order valence-corrected chi connectivity index (χ4v) is 4.25. The number of ether oxygens (including phenoxy) is 1. The number of pyridine rings is 1. The highest BCUT2D eigenvalue weighted by Crippen LogP contribution is 2.38. The second kappa shape index (κ2) is 9.62. The van der Waals surface area contributed by atoms with Gasteiger partial charge in [0.25, 0.3) is 0 Å². The van der Waals surface area contributed by atoms with E-state index in [-0.39, 0.29) is 17.6 Å². The predicted molar refractivity (Wildman–Crippen MR) is 98.2 cm³/mol. The molecule has 2 fully saturated rings. The van der Waals surface area contributed by atoms with Crippen LogP contribution in [0.4, 0.5) is 4.39 Å². The van der Waals surface area contributed by atoms with Gasteiger partial charge < -0.3 is 4.74 Å². The van der Waals surface area contributed by atoms with Gasteiger partial charge in [0.15, 0.2) is 0 Å². The van der Waals surface area contributed by atoms with Crippen molar-refractivity contribution in [1.82, 2.24) is 15.8 Å². The molecule has 144 valence electrons. The summed E-state index contributed by atoms with van der Waals surface area (Å²) in [6.07, 6.45) is 8.15. The van der Waals surface area contributed by atoms with Gasteiger partial charge in [0, 0.05) is 31.6 Å². The Labute approximate surface area is 159 Å². The Morgan fingerprint density at radius 1 is 1.23 bits per heavy atom. The van der Waals surface area contributed by atoms with E-state index in [2.05, 4.69) is 15.8 Å². The number of carbonyl (C=O) groups is 1. The highest BCUT2D eigenvalue weighted by atomic mass is 35.5. The fraction of sp³-hybridized carbons (Fsp3) is 0.684. The second-order valence-corrected chi connectivity index (χ2v) is 7.74. The Morgan fingerprint density at radius 3 is 2.65 bits per heavy atom. The highest BCUT2D eigenvalue weighted by molar-refractivity contribution is 6.31. The molecule has 1 aliphatic heterocycles. The molecular weight excluding hydrogens is 357 g/mol. The van der Waals surface area contributed by atoms with E-state index in [1.165, 1.54) is 12.3 Å². The lowest BCUT2D eigenvalue weighted by Crippen LogP contribution is -2.43. The zero-order valence-corrected chi connectivity index (χ0v) is 15.7. The number of aromatic nitrogens is 1. The van der Waals surface area contributed by atoms with Crippen LogP contribution in [0.15, 0.2) is 12.3 Å². The van der Waals surface area contributed by atoms with Gasteiger partial charge >= 0.3 is 0 Å². The number of halogens is 2. The Kier molecular flexibility index (Phi) is 7.23. The number of amides is 1. The smallest absolute Gasteiger partial charge is 0.237 e. The maximum absolute atomic E-state index is 13.1. The van der Waals surface area contributed by atoms with Crippen LogP contribution in [-0.2, 0) is 9.53 Å². The highest BCUT2D eigenvalue weighted by Gasteiger charge is 2.25. The first-order chi connectivity index (χ1) is 12.6. The van der Waals surface area contributed by atoms with E-state index in [4.69, 9.17) is 16.3 Å². The van der Waals surface area contributed by atoms with Crippen LogP contribution in [0.1, 0.15) is 56.6 Å². The van der Waals surface area contributed by atoms with Crippen LogP contribution in [0.5, 0.6) is 0 Å². The first kappa shape index (κ1) is 19.5. The lowest BCUT2D eigenvalue weighted by Gasteiger charge is -2.28. The van der Waals surface area contributed by atoms with Crippen LogP contribution >= 0.6 is 11.6 Å². The Morgan fingerprint density at radius 2 is 1.96 bits per heavy atom. The van der Waals surface area contributed by atoms with Gasteiger partial charge in [-0.1, -0.05) is 11.6 Å². The Bertz CT molecular complexity index is 602. The third-order valence-electron chi connectivity index (χ3n) is 5.55. The fourth-order valence-electron chi connectivity index (χ4n) is 3.94. The maximum atomic E-state index is 13.1. The summed E-state index contributed by atoms with van der Waals surface area (Å²) in [5.41, 5.74) is 6.73. The summed E-state index contributed by atoms with van der Waals surface area (Å²) < 4.78 is 18.4. The van der Waals surface area contributed by atoms with Gasteiger partial charge in [-0.3, -0.25) is 15.2 Å². The summed E-state index contributed by atoms with van der Waals surface area (Å²) in [7, 11) is 0. The van der Waals surface area contributed by atoms with Gasteiger partial charge in [0.1, 0.15) is 5.82 Å². The molecule has 1 aromatic heterocycles. The van der Waals surface area contributed by atoms with Gasteiger partial charge in [-0.05, 0) is 56.9 Å². The van der Waals surface area contributed by atoms with Crippen molar-refractivity contribution in [1.29, 1.82) is 0 Å². The van der Waals surface area contributed by atoms with E-state index >= 15 is 0 Å². The zero-order valence-electron chi connectivity index (χ0n) is 15.0. The standard InChI is InChI=1S/C19H27ClFN3O2/c20-17-11-16(21)12-22-18(17)14-3-1-13(2-4-14)5-8-23-24-19(25)15-6-9-26-10-7-15/h11-15,23H,1-10H2,(H,24,25)/t13-,14-. The molecule has 26 heavy (non-hydrogen) atoms. The van der Waals surface area contributed by atoms with Crippen molar-refractivity contribution in [2.24, 2.45) is 11.8 Å². The van der Waals surface area contributed by atoms with E-state index in [0.29, 0.717) is 30.1 Å². The number of hydrogen-bond acceptors (Lipinski definition) is 4. The molecule has 0 bridgehead atoms. The summed E-state index contributed by atoms with van der Waals surface area (Å²) in [5, 5.41) is 0.436. The number of rotatable bonds is 6. The molecule has 1 aliphatic carbocycles. The lowest BCUT2D eigenvalue weighted by molar-refractivity contribution is -0.128. The van der Waals surface area contributed by atoms with Crippen molar-refractivity contribution >= 4 is 17.5 Å². The van der Waals surface area contributed by atoms with E-state index < -0.39 is 0 Å². The molecule has 1 amide bonds. The van der Waals surface area contributed by atoms with Crippen molar-refractivity contribution in [3.8, 4) is 0 Å². The van der Waals surface area contributed by atoms with E-state index in [0.717, 1.165) is 57.2 Å². The Balaban J connectivity index is 1.33. The third-order valence-corrected chi connectivity index (χ3v) is 5.85. The molecular formula is C19H27ClFN3O2. The predicted octanol–water partition coefficient (Wildman–Crippen LogP) is 3.59. The maximum Gasteiger partial charge on any atom is 0.237 e. The summed E-state index contributed by atoms with van der Waals surface area (Å²) in [6, 6.07) is 1.35. The lowest BCUT2D eigenvalue weighted by atomic mass is 9.79. The normalized spacial score (nSPS) is 24.4. The summed E-state index contributed by atoms with van der Waals surface area (Å²) in [6.45, 7) is 2.13. The third kappa shape index (κ3) is 5.38. The van der Waals surface area contributed by atoms with Crippen molar-refractivity contribution in [2.45, 2.75) is 50.9 Å². The average Bonchev–Trinajstić information content (AvgIpc) is 2.66. The van der Waals surface area contributed by atoms with Gasteiger partial charge in [-0.2, -0.15) is 0 Å². The molecule has 2 aliphatic rings. The molecule has 0 spiro atoms. The van der Waals surface area contributed by atoms with E-state index in [1.807, 2.05) is 0 Å². The molecule has 1 saturated heterocycles. The topological polar surface area (TPSA) is 63.2 Å². The summed E-state index contributed by atoms with van der Waals surface area (Å²) in [4.78, 5) is 16.2. The molecule has 3 rings (SSSR count). The van der Waals surface area contributed by atoms with Crippen LogP contribution < -0.4 is 10.9 Å². The molecule has 5 nitrogen and oxygen atoms in total. The van der Waals surface area contributed by atoms with Gasteiger partial charge in [-0.15, -0.1) is 0 Å². The molecule has 2 N–H and O–H groups in total. The molecule has 1 aromatic rings. The van der Waals surface area contributed by atoms with Gasteiger partial charge in [0.2, 0.25) is 5.91 Å². The average molecular weight is 384 g/mol. The molecule has 0 atom stereocenters.